The largest absolute Gasteiger partial charge is 0.354 e. The number of alkyl halides is 6. The van der Waals surface area contributed by atoms with Gasteiger partial charge in [0, 0.05) is 0 Å². The zero-order chi connectivity index (χ0) is 8.58. The molecule has 0 bridgehead atoms. The maximum Gasteiger partial charge on any atom is 0.354 e. The van der Waals surface area contributed by atoms with Crippen molar-refractivity contribution in [3.8, 4) is 0 Å². The monoisotopic (exact) mass is 231 g/mol. The first-order valence-corrected chi connectivity index (χ1v) is 3.46. The van der Waals surface area contributed by atoms with Gasteiger partial charge in [0.05, 0.1) is 0 Å². The molecule has 0 aromatic heterocycles. The van der Waals surface area contributed by atoms with Crippen LogP contribution in [0.4, 0.5) is 8.78 Å². The Labute approximate surface area is 75.8 Å². The minimum absolute atomic E-state index is 2.58. The van der Waals surface area contributed by atoms with E-state index < -0.39 is 15.3 Å². The van der Waals surface area contributed by atoms with E-state index in [1.807, 2.05) is 0 Å². The van der Waals surface area contributed by atoms with Crippen LogP contribution in [-0.2, 0) is 5.11 Å². The SMILES string of the molecule is [O]C(C(F)(F)Cl)C(Cl)(Cl)Cl. The van der Waals surface area contributed by atoms with Gasteiger partial charge < -0.3 is 0 Å². The van der Waals surface area contributed by atoms with Crippen LogP contribution in [-0.4, -0.2) is 15.3 Å². The summed E-state index contributed by atoms with van der Waals surface area (Å²) in [6.07, 6.45) is -2.76. The van der Waals surface area contributed by atoms with Gasteiger partial charge in [0.1, 0.15) is 0 Å². The van der Waals surface area contributed by atoms with Gasteiger partial charge in [-0.1, -0.05) is 34.8 Å². The van der Waals surface area contributed by atoms with Crippen LogP contribution in [0.3, 0.4) is 0 Å². The van der Waals surface area contributed by atoms with E-state index in [9.17, 15) is 13.9 Å². The molecule has 0 N–H and O–H groups in total. The van der Waals surface area contributed by atoms with Crippen LogP contribution in [0.2, 0.25) is 0 Å². The summed E-state index contributed by atoms with van der Waals surface area (Å²) in [7, 11) is 0. The molecule has 0 saturated heterocycles. The summed E-state index contributed by atoms with van der Waals surface area (Å²) in [4.78, 5) is 0. The summed E-state index contributed by atoms with van der Waals surface area (Å²) >= 11 is 18.7. The molecule has 0 aliphatic carbocycles. The van der Waals surface area contributed by atoms with Crippen LogP contribution in [0.25, 0.3) is 0 Å². The first-order valence-electron chi connectivity index (χ1n) is 1.95. The third-order valence-corrected chi connectivity index (χ3v) is 1.39. The molecule has 0 fully saturated rings. The van der Waals surface area contributed by atoms with Crippen molar-refractivity contribution >= 4 is 46.4 Å². The first kappa shape index (κ1) is 11.0. The Kier molecular flexibility index (Phi) is 3.46. The fourth-order valence-electron chi connectivity index (χ4n) is 0.186. The number of hydrogen-bond donors (Lipinski definition) is 0. The second-order valence-corrected chi connectivity index (χ2v) is 4.34. The minimum Gasteiger partial charge on any atom is -0.220 e. The topological polar surface area (TPSA) is 19.9 Å². The molecule has 10 heavy (non-hydrogen) atoms. The Morgan fingerprint density at radius 2 is 1.40 bits per heavy atom. The summed E-state index contributed by atoms with van der Waals surface area (Å²) in [6, 6.07) is 0. The molecule has 0 aromatic rings. The molecule has 0 amide bonds. The summed E-state index contributed by atoms with van der Waals surface area (Å²) in [5.74, 6) is 0. The lowest BCUT2D eigenvalue weighted by Crippen LogP contribution is -2.37. The molecule has 61 valence electrons. The zero-order valence-electron chi connectivity index (χ0n) is 4.25. The predicted molar refractivity (Wildman–Crippen MR) is 35.6 cm³/mol. The van der Waals surface area contributed by atoms with E-state index in [-0.39, 0.29) is 0 Å². The van der Waals surface area contributed by atoms with Gasteiger partial charge in [-0.3, -0.25) is 0 Å². The van der Waals surface area contributed by atoms with Crippen molar-refractivity contribution in [1.29, 1.82) is 0 Å². The minimum atomic E-state index is -4.04. The molecular formula is C3HCl4F2O. The quantitative estimate of drug-likeness (QED) is 0.620. The summed E-state index contributed by atoms with van der Waals surface area (Å²) in [6.45, 7) is 0. The van der Waals surface area contributed by atoms with Gasteiger partial charge in [0.2, 0.25) is 9.90 Å². The lowest BCUT2D eigenvalue weighted by molar-refractivity contribution is -0.0739. The van der Waals surface area contributed by atoms with Crippen LogP contribution in [0, 0.1) is 0 Å². The highest BCUT2D eigenvalue weighted by Crippen LogP contribution is 2.40. The van der Waals surface area contributed by atoms with E-state index in [1.54, 1.807) is 0 Å². The Morgan fingerprint density at radius 3 is 1.40 bits per heavy atom. The van der Waals surface area contributed by atoms with Gasteiger partial charge in [-0.05, 0) is 11.6 Å². The predicted octanol–water partition coefficient (Wildman–Crippen LogP) is 2.99. The lowest BCUT2D eigenvalue weighted by atomic mass is 10.4. The van der Waals surface area contributed by atoms with Crippen molar-refractivity contribution in [3.63, 3.8) is 0 Å². The molecule has 1 radical (unpaired) electrons. The van der Waals surface area contributed by atoms with E-state index in [0.717, 1.165) is 0 Å². The highest BCUT2D eigenvalue weighted by Gasteiger charge is 2.50. The molecule has 1 unspecified atom stereocenters. The van der Waals surface area contributed by atoms with Crippen molar-refractivity contribution in [2.45, 2.75) is 15.3 Å². The van der Waals surface area contributed by atoms with E-state index in [1.165, 1.54) is 0 Å². The molecule has 7 heteroatoms. The average molecular weight is 233 g/mol. The second kappa shape index (κ2) is 3.15. The van der Waals surface area contributed by atoms with Crippen molar-refractivity contribution in [3.05, 3.63) is 0 Å². The third-order valence-electron chi connectivity index (χ3n) is 0.595. The molecule has 0 aromatic carbocycles. The molecular weight excluding hydrogens is 232 g/mol. The van der Waals surface area contributed by atoms with Crippen molar-refractivity contribution in [1.82, 2.24) is 0 Å². The standard InChI is InChI=1S/C3HCl4F2O/c4-2(5,6)1(10)3(7,8)9/h1H. The molecule has 0 spiro atoms. The van der Waals surface area contributed by atoms with Crippen molar-refractivity contribution < 1.29 is 13.9 Å². The average Bonchev–Trinajstić information content (AvgIpc) is 1.59. The van der Waals surface area contributed by atoms with Gasteiger partial charge >= 0.3 is 5.38 Å². The molecule has 0 saturated carbocycles. The summed E-state index contributed by atoms with van der Waals surface area (Å²) < 4.78 is 21.0. The number of rotatable bonds is 1. The molecule has 0 heterocycles. The van der Waals surface area contributed by atoms with E-state index in [0.29, 0.717) is 0 Å². The molecule has 1 atom stereocenters. The molecule has 1 nitrogen and oxygen atoms in total. The highest BCUT2D eigenvalue weighted by atomic mass is 35.6. The highest BCUT2D eigenvalue weighted by molar-refractivity contribution is 6.68. The fraction of sp³-hybridized carbons (Fsp3) is 1.00. The fourth-order valence-corrected chi connectivity index (χ4v) is 0.928. The number of halogens is 6. The van der Waals surface area contributed by atoms with Crippen LogP contribution < -0.4 is 0 Å². The van der Waals surface area contributed by atoms with Crippen LogP contribution in [0.5, 0.6) is 0 Å². The van der Waals surface area contributed by atoms with Gasteiger partial charge in [-0.15, -0.1) is 0 Å². The van der Waals surface area contributed by atoms with Crippen molar-refractivity contribution in [2.75, 3.05) is 0 Å². The smallest absolute Gasteiger partial charge is 0.220 e. The van der Waals surface area contributed by atoms with E-state index in [2.05, 4.69) is 11.6 Å². The molecule has 0 rings (SSSR count). The van der Waals surface area contributed by atoms with E-state index in [4.69, 9.17) is 34.8 Å². The van der Waals surface area contributed by atoms with Gasteiger partial charge in [0.15, 0.2) is 0 Å². The maximum atomic E-state index is 11.8. The van der Waals surface area contributed by atoms with Gasteiger partial charge in [-0.25, -0.2) is 5.11 Å². The van der Waals surface area contributed by atoms with Crippen LogP contribution in [0.15, 0.2) is 0 Å². The zero-order valence-corrected chi connectivity index (χ0v) is 7.28. The third kappa shape index (κ3) is 3.39. The van der Waals surface area contributed by atoms with E-state index >= 15 is 0 Å². The maximum absolute atomic E-state index is 11.8. The molecule has 0 aliphatic rings. The summed E-state index contributed by atoms with van der Waals surface area (Å²) in [5, 5.41) is 6.26. The first-order chi connectivity index (χ1) is 4.15. The Bertz CT molecular complexity index is 103. The Balaban J connectivity index is 4.23. The Hall–Kier alpha value is 0.980. The van der Waals surface area contributed by atoms with Gasteiger partial charge in [0.25, 0.3) is 0 Å². The summed E-state index contributed by atoms with van der Waals surface area (Å²) in [5.41, 5.74) is 0. The second-order valence-electron chi connectivity index (χ2n) is 1.46. The number of hydrogen-bond acceptors (Lipinski definition) is 0. The molecule has 0 aliphatic heterocycles. The van der Waals surface area contributed by atoms with Crippen LogP contribution in [0.1, 0.15) is 0 Å². The Morgan fingerprint density at radius 1 is 1.10 bits per heavy atom. The van der Waals surface area contributed by atoms with Gasteiger partial charge in [-0.2, -0.15) is 8.78 Å². The van der Waals surface area contributed by atoms with Crippen LogP contribution >= 0.6 is 46.4 Å². The normalized spacial score (nSPS) is 17.1. The van der Waals surface area contributed by atoms with Crippen molar-refractivity contribution in [2.24, 2.45) is 0 Å². The lowest BCUT2D eigenvalue weighted by Gasteiger charge is -2.20.